The molecule has 0 unspecified atom stereocenters. The van der Waals surface area contributed by atoms with Crippen LogP contribution in [0.1, 0.15) is 6.92 Å². The van der Waals surface area contributed by atoms with Crippen molar-refractivity contribution in [1.29, 1.82) is 0 Å². The average molecular weight is 244 g/mol. The van der Waals surface area contributed by atoms with Crippen LogP contribution in [0.25, 0.3) is 0 Å². The van der Waals surface area contributed by atoms with Crippen LogP contribution in [0, 0.1) is 15.0 Å². The lowest BCUT2D eigenvalue weighted by molar-refractivity contribution is -0.384. The van der Waals surface area contributed by atoms with E-state index in [0.717, 1.165) is 13.0 Å². The smallest absolute Gasteiger partial charge is 0.273 e. The van der Waals surface area contributed by atoms with Crippen LogP contribution in [-0.2, 0) is 4.79 Å². The second-order valence-corrected chi connectivity index (χ2v) is 3.24. The summed E-state index contributed by atoms with van der Waals surface area (Å²) in [6.45, 7) is 1.07. The second kappa shape index (κ2) is 4.67. The summed E-state index contributed by atoms with van der Waals surface area (Å²) >= 11 is 5.57. The van der Waals surface area contributed by atoms with E-state index in [1.54, 1.807) is 0 Å². The van der Waals surface area contributed by atoms with Crippen molar-refractivity contribution in [3.8, 4) is 0 Å². The standard InChI is InChI=1S/C8H6ClN3O4/c1-5(13)11(10-14)7-3-2-6(9)4-8(7)12(15)16/h2-4H,1H3. The number of nitro groups is 1. The first-order valence-electron chi connectivity index (χ1n) is 4.05. The van der Waals surface area contributed by atoms with Gasteiger partial charge in [-0.2, -0.15) is 5.01 Å². The third-order valence-corrected chi connectivity index (χ3v) is 1.98. The van der Waals surface area contributed by atoms with Crippen LogP contribution in [-0.4, -0.2) is 10.8 Å². The molecule has 0 N–H and O–H groups in total. The van der Waals surface area contributed by atoms with Crippen LogP contribution in [0.15, 0.2) is 23.5 Å². The molecule has 0 bridgehead atoms. The van der Waals surface area contributed by atoms with E-state index in [4.69, 9.17) is 11.6 Å². The lowest BCUT2D eigenvalue weighted by Gasteiger charge is -2.10. The van der Waals surface area contributed by atoms with Crippen molar-refractivity contribution in [1.82, 2.24) is 0 Å². The molecule has 0 aliphatic rings. The van der Waals surface area contributed by atoms with Crippen molar-refractivity contribution in [2.24, 2.45) is 5.29 Å². The van der Waals surface area contributed by atoms with Crippen molar-refractivity contribution >= 4 is 28.9 Å². The number of carbonyl (C=O) groups excluding carboxylic acids is 1. The van der Waals surface area contributed by atoms with Gasteiger partial charge in [-0.05, 0) is 12.1 Å². The third kappa shape index (κ3) is 2.31. The summed E-state index contributed by atoms with van der Waals surface area (Å²) in [4.78, 5) is 31.4. The normalized spacial score (nSPS) is 9.62. The molecule has 0 spiro atoms. The number of carbonyl (C=O) groups is 1. The van der Waals surface area contributed by atoms with Crippen LogP contribution in [0.5, 0.6) is 0 Å². The molecule has 0 saturated carbocycles. The predicted molar refractivity (Wildman–Crippen MR) is 57.1 cm³/mol. The number of anilines is 1. The Balaban J connectivity index is 3.37. The van der Waals surface area contributed by atoms with E-state index in [0.29, 0.717) is 5.01 Å². The summed E-state index contributed by atoms with van der Waals surface area (Å²) in [5, 5.41) is 13.6. The Morgan fingerprint density at radius 2 is 2.19 bits per heavy atom. The fraction of sp³-hybridized carbons (Fsp3) is 0.125. The molecule has 0 aliphatic carbocycles. The quantitative estimate of drug-likeness (QED) is 0.462. The molecule has 0 aliphatic heterocycles. The van der Waals surface area contributed by atoms with Crippen LogP contribution < -0.4 is 5.01 Å². The zero-order valence-corrected chi connectivity index (χ0v) is 8.84. The predicted octanol–water partition coefficient (Wildman–Crippen LogP) is 2.28. The van der Waals surface area contributed by atoms with Gasteiger partial charge in [0.05, 0.1) is 10.2 Å². The van der Waals surface area contributed by atoms with Gasteiger partial charge in [0.2, 0.25) is 5.91 Å². The molecular formula is C8H6ClN3O4. The van der Waals surface area contributed by atoms with Crippen LogP contribution in [0.4, 0.5) is 11.4 Å². The summed E-state index contributed by atoms with van der Waals surface area (Å²) in [6.07, 6.45) is 0. The lowest BCUT2D eigenvalue weighted by Crippen LogP contribution is -2.22. The summed E-state index contributed by atoms with van der Waals surface area (Å²) in [5.74, 6) is -0.722. The summed E-state index contributed by atoms with van der Waals surface area (Å²) in [6, 6.07) is 3.55. The molecule has 1 amide bonds. The number of benzene rings is 1. The molecule has 1 aromatic rings. The van der Waals surface area contributed by atoms with Crippen molar-refractivity contribution < 1.29 is 9.72 Å². The largest absolute Gasteiger partial charge is 0.296 e. The van der Waals surface area contributed by atoms with Crippen molar-refractivity contribution in [2.75, 3.05) is 5.01 Å². The number of halogens is 1. The van der Waals surface area contributed by atoms with E-state index in [1.807, 2.05) is 0 Å². The Hall–Kier alpha value is -2.02. The first-order chi connectivity index (χ1) is 7.47. The molecule has 8 heteroatoms. The molecular weight excluding hydrogens is 238 g/mol. The summed E-state index contributed by atoms with van der Waals surface area (Å²) in [7, 11) is 0. The van der Waals surface area contributed by atoms with Gasteiger partial charge < -0.3 is 0 Å². The first-order valence-corrected chi connectivity index (χ1v) is 4.43. The van der Waals surface area contributed by atoms with E-state index in [1.165, 1.54) is 12.1 Å². The molecule has 16 heavy (non-hydrogen) atoms. The zero-order chi connectivity index (χ0) is 12.3. The number of rotatable bonds is 3. The number of hydrogen-bond acceptors (Lipinski definition) is 5. The van der Waals surface area contributed by atoms with Gasteiger partial charge in [-0.3, -0.25) is 14.9 Å². The van der Waals surface area contributed by atoms with Gasteiger partial charge in [-0.15, -0.1) is 4.91 Å². The molecule has 0 heterocycles. The van der Waals surface area contributed by atoms with Crippen molar-refractivity contribution in [3.63, 3.8) is 0 Å². The van der Waals surface area contributed by atoms with Crippen LogP contribution >= 0.6 is 11.6 Å². The topological polar surface area (TPSA) is 92.9 Å². The lowest BCUT2D eigenvalue weighted by atomic mass is 10.2. The zero-order valence-electron chi connectivity index (χ0n) is 8.08. The van der Waals surface area contributed by atoms with E-state index in [2.05, 4.69) is 5.29 Å². The minimum atomic E-state index is -0.748. The Kier molecular flexibility index (Phi) is 3.51. The Labute approximate surface area is 94.7 Å². The van der Waals surface area contributed by atoms with Gasteiger partial charge in [0.1, 0.15) is 5.69 Å². The maximum atomic E-state index is 11.0. The molecule has 0 atom stereocenters. The number of amides is 1. The maximum absolute atomic E-state index is 11.0. The summed E-state index contributed by atoms with van der Waals surface area (Å²) < 4.78 is 0. The molecule has 0 radical (unpaired) electrons. The third-order valence-electron chi connectivity index (χ3n) is 1.74. The highest BCUT2D eigenvalue weighted by Crippen LogP contribution is 2.31. The Morgan fingerprint density at radius 3 is 2.62 bits per heavy atom. The van der Waals surface area contributed by atoms with E-state index in [-0.39, 0.29) is 10.7 Å². The number of hydrogen-bond donors (Lipinski definition) is 0. The molecule has 7 nitrogen and oxygen atoms in total. The first kappa shape index (κ1) is 12.1. The Morgan fingerprint density at radius 1 is 1.56 bits per heavy atom. The van der Waals surface area contributed by atoms with E-state index in [9.17, 15) is 19.8 Å². The fourth-order valence-electron chi connectivity index (χ4n) is 1.09. The highest BCUT2D eigenvalue weighted by molar-refractivity contribution is 6.31. The highest BCUT2D eigenvalue weighted by Gasteiger charge is 2.23. The van der Waals surface area contributed by atoms with Gasteiger partial charge in [-0.25, -0.2) is 0 Å². The number of nitro benzene ring substituents is 1. The number of nitrogens with zero attached hydrogens (tertiary/aromatic N) is 3. The van der Waals surface area contributed by atoms with E-state index < -0.39 is 16.5 Å². The molecule has 1 aromatic carbocycles. The van der Waals surface area contributed by atoms with Gasteiger partial charge >= 0.3 is 0 Å². The molecule has 0 fully saturated rings. The monoisotopic (exact) mass is 243 g/mol. The van der Waals surface area contributed by atoms with E-state index >= 15 is 0 Å². The maximum Gasteiger partial charge on any atom is 0.296 e. The minimum absolute atomic E-state index is 0.129. The second-order valence-electron chi connectivity index (χ2n) is 2.80. The molecule has 84 valence electrons. The highest BCUT2D eigenvalue weighted by atomic mass is 35.5. The van der Waals surface area contributed by atoms with Gasteiger partial charge in [0.15, 0.2) is 0 Å². The van der Waals surface area contributed by atoms with Crippen LogP contribution in [0.2, 0.25) is 5.02 Å². The Bertz CT molecular complexity index is 463. The van der Waals surface area contributed by atoms with Gasteiger partial charge in [0.25, 0.3) is 5.69 Å². The fourth-order valence-corrected chi connectivity index (χ4v) is 1.26. The number of nitroso groups, excluding NO2 is 1. The summed E-state index contributed by atoms with van der Waals surface area (Å²) in [5.41, 5.74) is -0.667. The van der Waals surface area contributed by atoms with Crippen molar-refractivity contribution in [3.05, 3.63) is 38.2 Å². The van der Waals surface area contributed by atoms with Gasteiger partial charge in [-0.1, -0.05) is 11.6 Å². The SMILES string of the molecule is CC(=O)N(N=O)c1ccc(Cl)cc1[N+](=O)[O-]. The van der Waals surface area contributed by atoms with Gasteiger partial charge in [0, 0.05) is 18.0 Å². The molecule has 1 rings (SSSR count). The molecule has 0 aromatic heterocycles. The van der Waals surface area contributed by atoms with Crippen molar-refractivity contribution in [2.45, 2.75) is 6.92 Å². The minimum Gasteiger partial charge on any atom is -0.273 e. The average Bonchev–Trinajstić information content (AvgIpc) is 2.20. The van der Waals surface area contributed by atoms with Crippen LogP contribution in [0.3, 0.4) is 0 Å². The molecule has 0 saturated heterocycles.